The molecular formula is C21H18ClN3O3S2. The lowest BCUT2D eigenvalue weighted by molar-refractivity contribution is 0.601. The molecule has 0 aliphatic rings. The van der Waals surface area contributed by atoms with Crippen LogP contribution in [0.2, 0.25) is 5.02 Å². The fraction of sp³-hybridized carbons (Fsp3) is 0.0952. The van der Waals surface area contributed by atoms with Crippen molar-refractivity contribution in [3.63, 3.8) is 0 Å². The molecule has 30 heavy (non-hydrogen) atoms. The molecular weight excluding hydrogens is 442 g/mol. The van der Waals surface area contributed by atoms with Gasteiger partial charge in [0, 0.05) is 28.9 Å². The van der Waals surface area contributed by atoms with Gasteiger partial charge in [-0.15, -0.1) is 0 Å². The summed E-state index contributed by atoms with van der Waals surface area (Å²) in [5.74, 6) is 0. The van der Waals surface area contributed by atoms with Crippen molar-refractivity contribution < 1.29 is 8.42 Å². The highest BCUT2D eigenvalue weighted by Crippen LogP contribution is 2.37. The Hall–Kier alpha value is -2.68. The maximum Gasteiger partial charge on any atom is 0.328 e. The molecule has 0 atom stereocenters. The van der Waals surface area contributed by atoms with Crippen LogP contribution < -0.4 is 10.4 Å². The number of fused-ring (bicyclic) bond motifs is 1. The van der Waals surface area contributed by atoms with Crippen molar-refractivity contribution in [3.05, 3.63) is 82.2 Å². The predicted molar refractivity (Wildman–Crippen MR) is 121 cm³/mol. The number of aryl methyl sites for hydroxylation is 2. The first-order chi connectivity index (χ1) is 14.3. The van der Waals surface area contributed by atoms with E-state index in [1.54, 1.807) is 24.7 Å². The second-order valence-corrected chi connectivity index (χ2v) is 9.95. The number of hydrogen-bond donors (Lipinski definition) is 1. The summed E-state index contributed by atoms with van der Waals surface area (Å²) in [6.45, 7) is 0. The number of aromatic nitrogens is 2. The lowest BCUT2D eigenvalue weighted by atomic mass is 10.3. The molecule has 9 heteroatoms. The minimum atomic E-state index is -3.85. The Bertz CT molecular complexity index is 1390. The van der Waals surface area contributed by atoms with Crippen molar-refractivity contribution >= 4 is 50.1 Å². The Balaban J connectivity index is 1.85. The number of imidazole rings is 1. The minimum Gasteiger partial charge on any atom is -0.295 e. The molecule has 1 N–H and O–H groups in total. The maximum atomic E-state index is 13.0. The summed E-state index contributed by atoms with van der Waals surface area (Å²) in [5, 5.41) is 0.454. The van der Waals surface area contributed by atoms with Crippen LogP contribution in [0, 0.1) is 0 Å². The Morgan fingerprint density at radius 3 is 2.13 bits per heavy atom. The van der Waals surface area contributed by atoms with E-state index >= 15 is 0 Å². The van der Waals surface area contributed by atoms with E-state index < -0.39 is 10.0 Å². The number of nitrogens with one attached hydrogen (secondary N) is 1. The second-order valence-electron chi connectivity index (χ2n) is 6.71. The normalized spacial score (nSPS) is 11.7. The summed E-state index contributed by atoms with van der Waals surface area (Å²) < 4.78 is 31.7. The van der Waals surface area contributed by atoms with E-state index in [2.05, 4.69) is 4.72 Å². The van der Waals surface area contributed by atoms with E-state index in [1.807, 2.05) is 36.4 Å². The molecule has 0 spiro atoms. The van der Waals surface area contributed by atoms with E-state index in [0.717, 1.165) is 10.4 Å². The molecule has 1 aromatic heterocycles. The minimum absolute atomic E-state index is 0.101. The quantitative estimate of drug-likeness (QED) is 0.477. The van der Waals surface area contributed by atoms with E-state index in [1.165, 1.54) is 40.6 Å². The first-order valence-electron chi connectivity index (χ1n) is 8.97. The van der Waals surface area contributed by atoms with Gasteiger partial charge in [-0.25, -0.2) is 13.2 Å². The summed E-state index contributed by atoms with van der Waals surface area (Å²) in [6, 6.07) is 19.1. The molecule has 6 nitrogen and oxygen atoms in total. The molecule has 0 amide bonds. The van der Waals surface area contributed by atoms with Crippen LogP contribution in [0.1, 0.15) is 0 Å². The molecule has 3 aromatic carbocycles. The van der Waals surface area contributed by atoms with Crippen LogP contribution in [0.4, 0.5) is 5.69 Å². The Morgan fingerprint density at radius 1 is 0.900 bits per heavy atom. The first kappa shape index (κ1) is 20.6. The lowest BCUT2D eigenvalue weighted by Crippen LogP contribution is -2.19. The number of halogens is 1. The molecule has 4 aromatic rings. The molecule has 0 aliphatic heterocycles. The molecule has 1 heterocycles. The predicted octanol–water partition coefficient (Wildman–Crippen LogP) is 4.48. The zero-order valence-corrected chi connectivity index (χ0v) is 18.6. The van der Waals surface area contributed by atoms with Crippen LogP contribution in [0.25, 0.3) is 11.0 Å². The van der Waals surface area contributed by atoms with Gasteiger partial charge >= 0.3 is 5.69 Å². The summed E-state index contributed by atoms with van der Waals surface area (Å²) in [5.41, 5.74) is 1.56. The Morgan fingerprint density at radius 2 is 1.50 bits per heavy atom. The van der Waals surface area contributed by atoms with Crippen molar-refractivity contribution in [2.24, 2.45) is 14.1 Å². The molecule has 4 rings (SSSR count). The van der Waals surface area contributed by atoms with Crippen LogP contribution in [0.5, 0.6) is 0 Å². The highest BCUT2D eigenvalue weighted by Gasteiger charge is 2.19. The third-order valence-electron chi connectivity index (χ3n) is 4.71. The van der Waals surface area contributed by atoms with E-state index in [9.17, 15) is 13.2 Å². The fourth-order valence-electron chi connectivity index (χ4n) is 3.12. The van der Waals surface area contributed by atoms with Crippen molar-refractivity contribution in [2.45, 2.75) is 14.7 Å². The number of sulfonamides is 1. The summed E-state index contributed by atoms with van der Waals surface area (Å²) in [7, 11) is -0.493. The Kier molecular flexibility index (Phi) is 5.40. The van der Waals surface area contributed by atoms with E-state index in [-0.39, 0.29) is 10.6 Å². The third kappa shape index (κ3) is 3.86. The molecule has 0 aliphatic carbocycles. The zero-order valence-electron chi connectivity index (χ0n) is 16.2. The molecule has 0 bridgehead atoms. The van der Waals surface area contributed by atoms with Crippen LogP contribution in [0.3, 0.4) is 0 Å². The highest BCUT2D eigenvalue weighted by molar-refractivity contribution is 7.99. The number of benzene rings is 3. The SMILES string of the molecule is Cn1c(=O)n(C)c2cc(Sc3ccccc3)c(NS(=O)(=O)c3ccc(Cl)cc3)cc21. The van der Waals surface area contributed by atoms with Gasteiger partial charge in [0.2, 0.25) is 0 Å². The fourth-order valence-corrected chi connectivity index (χ4v) is 5.32. The monoisotopic (exact) mass is 459 g/mol. The molecule has 0 saturated carbocycles. The maximum absolute atomic E-state index is 13.0. The summed E-state index contributed by atoms with van der Waals surface area (Å²) in [6.07, 6.45) is 0. The van der Waals surface area contributed by atoms with Gasteiger partial charge in [-0.2, -0.15) is 0 Å². The van der Waals surface area contributed by atoms with E-state index in [0.29, 0.717) is 21.1 Å². The molecule has 0 saturated heterocycles. The van der Waals surface area contributed by atoms with Gasteiger partial charge in [-0.05, 0) is 48.5 Å². The van der Waals surface area contributed by atoms with Gasteiger partial charge < -0.3 is 0 Å². The highest BCUT2D eigenvalue weighted by atomic mass is 35.5. The smallest absolute Gasteiger partial charge is 0.295 e. The second kappa shape index (κ2) is 7.86. The van der Waals surface area contributed by atoms with E-state index in [4.69, 9.17) is 11.6 Å². The van der Waals surface area contributed by atoms with Crippen molar-refractivity contribution in [3.8, 4) is 0 Å². The van der Waals surface area contributed by atoms with Crippen LogP contribution >= 0.6 is 23.4 Å². The van der Waals surface area contributed by atoms with Gasteiger partial charge in [0.25, 0.3) is 10.0 Å². The van der Waals surface area contributed by atoms with Crippen LogP contribution in [0.15, 0.2) is 86.2 Å². The third-order valence-corrected chi connectivity index (χ3v) is 7.41. The van der Waals surface area contributed by atoms with Gasteiger partial charge in [-0.1, -0.05) is 41.6 Å². The van der Waals surface area contributed by atoms with Gasteiger partial charge in [0.15, 0.2) is 0 Å². The van der Waals surface area contributed by atoms with Gasteiger partial charge in [0.1, 0.15) is 0 Å². The molecule has 0 fully saturated rings. The Labute approximate surface area is 183 Å². The largest absolute Gasteiger partial charge is 0.328 e. The van der Waals surface area contributed by atoms with Crippen molar-refractivity contribution in [1.29, 1.82) is 0 Å². The average molecular weight is 460 g/mol. The molecule has 154 valence electrons. The molecule has 0 radical (unpaired) electrons. The van der Waals surface area contributed by atoms with Gasteiger partial charge in [0.05, 0.1) is 21.6 Å². The van der Waals surface area contributed by atoms with Gasteiger partial charge in [-0.3, -0.25) is 13.9 Å². The number of nitrogens with zero attached hydrogens (tertiary/aromatic N) is 2. The van der Waals surface area contributed by atoms with Crippen molar-refractivity contribution in [1.82, 2.24) is 9.13 Å². The number of rotatable bonds is 5. The standard InChI is InChI=1S/C21H18ClN3O3S2/c1-24-18-12-17(23-30(27,28)16-10-8-14(22)9-11-16)20(13-19(18)25(2)21(24)26)29-15-6-4-3-5-7-15/h3-13,23H,1-2H3. The van der Waals surface area contributed by atoms with Crippen molar-refractivity contribution in [2.75, 3.05) is 4.72 Å². The lowest BCUT2D eigenvalue weighted by Gasteiger charge is -2.14. The average Bonchev–Trinajstić information content (AvgIpc) is 2.93. The zero-order chi connectivity index (χ0) is 21.5. The summed E-state index contributed by atoms with van der Waals surface area (Å²) in [4.78, 5) is 14.1. The van der Waals surface area contributed by atoms with Crippen LogP contribution in [-0.4, -0.2) is 17.6 Å². The first-order valence-corrected chi connectivity index (χ1v) is 11.6. The van der Waals surface area contributed by atoms with Crippen LogP contribution in [-0.2, 0) is 24.1 Å². The molecule has 0 unspecified atom stereocenters. The number of hydrogen-bond acceptors (Lipinski definition) is 4. The summed E-state index contributed by atoms with van der Waals surface area (Å²) >= 11 is 7.30. The number of anilines is 1. The topological polar surface area (TPSA) is 73.1 Å².